The summed E-state index contributed by atoms with van der Waals surface area (Å²) >= 11 is 0. The molecule has 0 saturated carbocycles. The van der Waals surface area contributed by atoms with Gasteiger partial charge in [0.1, 0.15) is 28.3 Å². The van der Waals surface area contributed by atoms with Gasteiger partial charge in [-0.1, -0.05) is 13.0 Å². The minimum atomic E-state index is -4.15. The average molecular weight is 423 g/mol. The van der Waals surface area contributed by atoms with Crippen LogP contribution in [0.2, 0.25) is 0 Å². The molecule has 10 heteroatoms. The highest BCUT2D eigenvalue weighted by Gasteiger charge is 2.30. The Balaban J connectivity index is 2.16. The van der Waals surface area contributed by atoms with E-state index < -0.39 is 38.3 Å². The molecule has 154 valence electrons. The molecule has 3 aromatic rings. The summed E-state index contributed by atoms with van der Waals surface area (Å²) < 4.78 is 58.5. The van der Waals surface area contributed by atoms with Gasteiger partial charge in [0.25, 0.3) is 0 Å². The van der Waals surface area contributed by atoms with E-state index in [1.807, 2.05) is 0 Å². The fourth-order valence-electron chi connectivity index (χ4n) is 3.21. The zero-order valence-electron chi connectivity index (χ0n) is 15.7. The molecule has 1 aromatic carbocycles. The second kappa shape index (κ2) is 7.88. The Hall–Kier alpha value is -2.85. The molecule has 0 aliphatic rings. The molecule has 0 amide bonds. The number of aromatic amines is 1. The van der Waals surface area contributed by atoms with Crippen molar-refractivity contribution in [3.8, 4) is 5.75 Å². The molecule has 0 saturated heterocycles. The fourth-order valence-corrected chi connectivity index (χ4v) is 4.21. The van der Waals surface area contributed by atoms with E-state index in [0.29, 0.717) is 23.4 Å². The van der Waals surface area contributed by atoms with Crippen molar-refractivity contribution in [3.05, 3.63) is 58.9 Å². The van der Waals surface area contributed by atoms with Gasteiger partial charge in [-0.15, -0.1) is 0 Å². The number of carbonyl (C=O) groups is 1. The zero-order valence-corrected chi connectivity index (χ0v) is 16.5. The SMILES string of the molecule is CCOc1cnc2[nH]cc(C(=O)c3c(F)ccc(C(CC)S(N)(=O)=O)c3F)c2c1. The number of rotatable bonds is 7. The number of nitrogens with one attached hydrogen (secondary N) is 1. The first kappa shape index (κ1) is 20.9. The molecule has 3 rings (SSSR count). The second-order valence-electron chi connectivity index (χ2n) is 6.34. The third kappa shape index (κ3) is 3.85. The summed E-state index contributed by atoms with van der Waals surface area (Å²) in [5.41, 5.74) is -0.891. The quantitative estimate of drug-likeness (QED) is 0.566. The van der Waals surface area contributed by atoms with Gasteiger partial charge in [0, 0.05) is 22.7 Å². The van der Waals surface area contributed by atoms with Crippen LogP contribution in [0.15, 0.2) is 30.6 Å². The lowest BCUT2D eigenvalue weighted by Crippen LogP contribution is -2.23. The van der Waals surface area contributed by atoms with Crippen molar-refractivity contribution in [2.45, 2.75) is 25.5 Å². The molecule has 0 bridgehead atoms. The van der Waals surface area contributed by atoms with Gasteiger partial charge in [-0.25, -0.2) is 27.3 Å². The van der Waals surface area contributed by atoms with Gasteiger partial charge in [-0.2, -0.15) is 0 Å². The van der Waals surface area contributed by atoms with Gasteiger partial charge in [0.05, 0.1) is 18.4 Å². The normalized spacial score (nSPS) is 12.9. The molecule has 0 aliphatic carbocycles. The number of halogens is 2. The number of fused-ring (bicyclic) bond motifs is 1. The Bertz CT molecular complexity index is 1190. The number of nitrogens with two attached hydrogens (primary N) is 1. The van der Waals surface area contributed by atoms with Crippen LogP contribution in [-0.2, 0) is 10.0 Å². The molecule has 0 radical (unpaired) electrons. The Morgan fingerprint density at radius 1 is 1.31 bits per heavy atom. The van der Waals surface area contributed by atoms with Crippen LogP contribution >= 0.6 is 0 Å². The highest BCUT2D eigenvalue weighted by atomic mass is 32.2. The standard InChI is InChI=1S/C19H19F2N3O4S/c1-3-15(29(22,26)27)11-5-6-14(20)16(17(11)21)18(25)13-9-24-19-12(13)7-10(8-23-19)28-4-2/h5-9,15H,3-4H2,1-2H3,(H,23,24)(H2,22,26,27). The smallest absolute Gasteiger partial charge is 0.216 e. The summed E-state index contributed by atoms with van der Waals surface area (Å²) in [6.45, 7) is 3.65. The van der Waals surface area contributed by atoms with Gasteiger partial charge in [-0.05, 0) is 25.5 Å². The van der Waals surface area contributed by atoms with E-state index >= 15 is 4.39 Å². The van der Waals surface area contributed by atoms with Crippen LogP contribution < -0.4 is 9.88 Å². The van der Waals surface area contributed by atoms with E-state index in [0.717, 1.165) is 12.1 Å². The van der Waals surface area contributed by atoms with Gasteiger partial charge in [-0.3, -0.25) is 4.79 Å². The predicted octanol–water partition coefficient (Wildman–Crippen LogP) is 3.21. The van der Waals surface area contributed by atoms with E-state index in [1.165, 1.54) is 25.4 Å². The summed E-state index contributed by atoms with van der Waals surface area (Å²) in [5, 5.41) is 4.09. The maximum absolute atomic E-state index is 15.1. The Kier molecular flexibility index (Phi) is 5.67. The third-order valence-corrected chi connectivity index (χ3v) is 5.90. The number of primary sulfonamides is 1. The highest BCUT2D eigenvalue weighted by molar-refractivity contribution is 7.89. The molecular formula is C19H19F2N3O4S. The number of H-pyrrole nitrogens is 1. The topological polar surface area (TPSA) is 115 Å². The molecule has 0 fully saturated rings. The maximum Gasteiger partial charge on any atom is 0.216 e. The molecule has 29 heavy (non-hydrogen) atoms. The summed E-state index contributed by atoms with van der Waals surface area (Å²) in [7, 11) is -4.15. The molecule has 1 atom stereocenters. The van der Waals surface area contributed by atoms with E-state index in [4.69, 9.17) is 9.88 Å². The van der Waals surface area contributed by atoms with E-state index in [-0.39, 0.29) is 17.5 Å². The second-order valence-corrected chi connectivity index (χ2v) is 8.09. The summed E-state index contributed by atoms with van der Waals surface area (Å²) in [4.78, 5) is 19.9. The average Bonchev–Trinajstić information content (AvgIpc) is 3.06. The van der Waals surface area contributed by atoms with Crippen molar-refractivity contribution in [1.29, 1.82) is 0 Å². The van der Waals surface area contributed by atoms with Crippen LogP contribution in [0.3, 0.4) is 0 Å². The van der Waals surface area contributed by atoms with Gasteiger partial charge < -0.3 is 9.72 Å². The van der Waals surface area contributed by atoms with Crippen molar-refractivity contribution in [2.75, 3.05) is 6.61 Å². The Morgan fingerprint density at radius 3 is 2.66 bits per heavy atom. The number of pyridine rings is 1. The van der Waals surface area contributed by atoms with Gasteiger partial charge in [0.2, 0.25) is 15.8 Å². The van der Waals surface area contributed by atoms with Crippen molar-refractivity contribution < 1.29 is 26.7 Å². The van der Waals surface area contributed by atoms with Crippen LogP contribution in [-0.4, -0.2) is 30.8 Å². The number of aromatic nitrogens is 2. The molecule has 3 N–H and O–H groups in total. The van der Waals surface area contributed by atoms with Gasteiger partial charge >= 0.3 is 0 Å². The minimum Gasteiger partial charge on any atom is -0.492 e. The fraction of sp³-hybridized carbons (Fsp3) is 0.263. The molecular weight excluding hydrogens is 404 g/mol. The largest absolute Gasteiger partial charge is 0.492 e. The summed E-state index contributed by atoms with van der Waals surface area (Å²) in [5.74, 6) is -2.92. The lowest BCUT2D eigenvalue weighted by molar-refractivity contribution is 0.103. The lowest BCUT2D eigenvalue weighted by Gasteiger charge is -2.16. The molecule has 1 unspecified atom stereocenters. The first-order valence-corrected chi connectivity index (χ1v) is 10.4. The van der Waals surface area contributed by atoms with E-state index in [2.05, 4.69) is 9.97 Å². The van der Waals surface area contributed by atoms with Crippen LogP contribution in [0, 0.1) is 11.6 Å². The lowest BCUT2D eigenvalue weighted by atomic mass is 9.98. The van der Waals surface area contributed by atoms with Crippen molar-refractivity contribution in [2.24, 2.45) is 5.14 Å². The summed E-state index contributed by atoms with van der Waals surface area (Å²) in [6.07, 6.45) is 2.71. The number of ketones is 1. The first-order chi connectivity index (χ1) is 13.7. The van der Waals surface area contributed by atoms with Crippen LogP contribution in [0.5, 0.6) is 5.75 Å². The number of sulfonamides is 1. The number of nitrogens with zero attached hydrogens (tertiary/aromatic N) is 1. The number of ether oxygens (including phenoxy) is 1. The number of hydrogen-bond donors (Lipinski definition) is 2. The van der Waals surface area contributed by atoms with E-state index in [9.17, 15) is 17.6 Å². The minimum absolute atomic E-state index is 0.0207. The maximum atomic E-state index is 15.1. The number of hydrogen-bond acceptors (Lipinski definition) is 5. The zero-order chi connectivity index (χ0) is 21.3. The third-order valence-electron chi connectivity index (χ3n) is 4.52. The van der Waals surface area contributed by atoms with E-state index in [1.54, 1.807) is 6.92 Å². The van der Waals surface area contributed by atoms with Crippen molar-refractivity contribution in [1.82, 2.24) is 9.97 Å². The number of benzene rings is 1. The van der Waals surface area contributed by atoms with Crippen molar-refractivity contribution in [3.63, 3.8) is 0 Å². The summed E-state index contributed by atoms with van der Waals surface area (Å²) in [6, 6.07) is 3.39. The highest BCUT2D eigenvalue weighted by Crippen LogP contribution is 2.31. The van der Waals surface area contributed by atoms with Crippen LogP contribution in [0.1, 0.15) is 47.0 Å². The number of carbonyl (C=O) groups excluding carboxylic acids is 1. The molecule has 7 nitrogen and oxygen atoms in total. The Labute approximate surface area is 165 Å². The monoisotopic (exact) mass is 423 g/mol. The van der Waals surface area contributed by atoms with Crippen molar-refractivity contribution >= 4 is 26.8 Å². The predicted molar refractivity (Wildman–Crippen MR) is 103 cm³/mol. The van der Waals surface area contributed by atoms with Gasteiger partial charge in [0.15, 0.2) is 0 Å². The first-order valence-electron chi connectivity index (χ1n) is 8.83. The molecule has 0 aliphatic heterocycles. The molecule has 2 aromatic heterocycles. The molecule has 0 spiro atoms. The van der Waals surface area contributed by atoms with Crippen LogP contribution in [0.4, 0.5) is 8.78 Å². The molecule has 2 heterocycles. The Morgan fingerprint density at radius 2 is 2.03 bits per heavy atom. The van der Waals surface area contributed by atoms with Crippen LogP contribution in [0.25, 0.3) is 11.0 Å².